The standard InChI is InChI=1S/C13H17N3O2/c1-2-3-4-5-10-14-11-15-12-6-8-13(9-7-12)16(17)18/h6-9H,2-5,10H2,1H3/i14+1. The summed E-state index contributed by atoms with van der Waals surface area (Å²) < 4.78 is 0. The molecule has 0 saturated carbocycles. The highest BCUT2D eigenvalue weighted by atomic mass is 16.6. The largest absolute Gasteiger partial charge is 0.269 e. The van der Waals surface area contributed by atoms with Gasteiger partial charge in [-0.1, -0.05) is 26.2 Å². The van der Waals surface area contributed by atoms with Crippen molar-refractivity contribution in [1.29, 1.82) is 0 Å². The normalized spacial score (nSPS) is 9.61. The first-order chi connectivity index (χ1) is 8.74. The van der Waals surface area contributed by atoms with E-state index >= 15 is 0 Å². The van der Waals surface area contributed by atoms with Crippen LogP contribution in [0.5, 0.6) is 0 Å². The Bertz CT molecular complexity index is 434. The van der Waals surface area contributed by atoms with Crippen LogP contribution in [0.2, 0.25) is 0 Å². The van der Waals surface area contributed by atoms with E-state index in [1.165, 1.54) is 31.4 Å². The maximum Gasteiger partial charge on any atom is 0.269 e. The van der Waals surface area contributed by atoms with Gasteiger partial charge in [0.15, 0.2) is 0 Å². The van der Waals surface area contributed by atoms with Gasteiger partial charge < -0.3 is 0 Å². The van der Waals surface area contributed by atoms with Crippen molar-refractivity contribution in [1.82, 2.24) is 0 Å². The fraction of sp³-hybridized carbons (Fsp3) is 0.462. The highest BCUT2D eigenvalue weighted by Gasteiger charge is 2.02. The molecule has 0 unspecified atom stereocenters. The van der Waals surface area contributed by atoms with E-state index in [0.717, 1.165) is 13.0 Å². The fourth-order valence-electron chi connectivity index (χ4n) is 1.41. The molecular weight excluding hydrogens is 231 g/mol. The van der Waals surface area contributed by atoms with E-state index in [9.17, 15) is 10.1 Å². The molecule has 5 heteroatoms. The minimum Gasteiger partial charge on any atom is -0.258 e. The molecule has 0 aromatic heterocycles. The highest BCUT2D eigenvalue weighted by molar-refractivity contribution is 5.54. The van der Waals surface area contributed by atoms with Gasteiger partial charge in [0.05, 0.1) is 16.6 Å². The molecule has 0 N–H and O–H groups in total. The lowest BCUT2D eigenvalue weighted by Crippen LogP contribution is -1.85. The van der Waals surface area contributed by atoms with Crippen molar-refractivity contribution in [3.63, 3.8) is 0 Å². The summed E-state index contributed by atoms with van der Waals surface area (Å²) in [6, 6.07) is 8.61. The van der Waals surface area contributed by atoms with E-state index in [1.807, 2.05) is 0 Å². The van der Waals surface area contributed by atoms with Gasteiger partial charge in [0.1, 0.15) is 0 Å². The van der Waals surface area contributed by atoms with Crippen LogP contribution < -0.4 is 0 Å². The molecule has 0 saturated heterocycles. The quantitative estimate of drug-likeness (QED) is 0.241. The topological polar surface area (TPSA) is 67.9 Å². The van der Waals surface area contributed by atoms with Crippen LogP contribution in [0, 0.1) is 10.1 Å². The molecule has 5 nitrogen and oxygen atoms in total. The highest BCUT2D eigenvalue weighted by Crippen LogP contribution is 2.16. The summed E-state index contributed by atoms with van der Waals surface area (Å²) in [5.41, 5.74) is 0.684. The number of hydrogen-bond donors (Lipinski definition) is 0. The molecule has 0 aliphatic rings. The van der Waals surface area contributed by atoms with E-state index in [1.54, 1.807) is 12.1 Å². The average molecular weight is 248 g/mol. The molecule has 0 heterocycles. The Morgan fingerprint density at radius 3 is 2.56 bits per heavy atom. The molecule has 0 fully saturated rings. The van der Waals surface area contributed by atoms with Crippen molar-refractivity contribution in [3.05, 3.63) is 34.4 Å². The summed E-state index contributed by atoms with van der Waals surface area (Å²) in [7, 11) is 0. The van der Waals surface area contributed by atoms with Crippen molar-refractivity contribution in [3.8, 4) is 0 Å². The van der Waals surface area contributed by atoms with Crippen LogP contribution in [0.1, 0.15) is 32.6 Å². The van der Waals surface area contributed by atoms with Crippen LogP contribution in [0.15, 0.2) is 34.3 Å². The van der Waals surface area contributed by atoms with Crippen molar-refractivity contribution in [2.24, 2.45) is 9.98 Å². The van der Waals surface area contributed by atoms with Gasteiger partial charge in [0, 0.05) is 18.7 Å². The SMILES string of the molecule is CCCCCC[15N]=C=Nc1ccc([N+](=O)[O-])cc1. The maximum absolute atomic E-state index is 10.4. The zero-order valence-corrected chi connectivity index (χ0v) is 10.5. The van der Waals surface area contributed by atoms with Gasteiger partial charge >= 0.3 is 0 Å². The summed E-state index contributed by atoms with van der Waals surface area (Å²) >= 11 is 0. The summed E-state index contributed by atoms with van der Waals surface area (Å²) in [5.74, 6) is 0. The minimum absolute atomic E-state index is 0.0606. The molecular formula is C13H17N3O2. The van der Waals surface area contributed by atoms with E-state index in [2.05, 4.69) is 22.9 Å². The molecule has 0 amide bonds. The summed E-state index contributed by atoms with van der Waals surface area (Å²) in [4.78, 5) is 18.0. The van der Waals surface area contributed by atoms with E-state index in [0.29, 0.717) is 5.69 Å². The van der Waals surface area contributed by atoms with Gasteiger partial charge in [-0.25, -0.2) is 4.99 Å². The lowest BCUT2D eigenvalue weighted by atomic mass is 10.2. The van der Waals surface area contributed by atoms with E-state index < -0.39 is 4.92 Å². The molecule has 18 heavy (non-hydrogen) atoms. The number of hydrogen-bond acceptors (Lipinski definition) is 4. The number of nitrogens with zero attached hydrogens (tertiary/aromatic N) is 3. The van der Waals surface area contributed by atoms with Gasteiger partial charge in [-0.05, 0) is 18.6 Å². The van der Waals surface area contributed by atoms with Crippen LogP contribution in [-0.2, 0) is 0 Å². The van der Waals surface area contributed by atoms with Gasteiger partial charge in [-0.2, -0.15) is 4.99 Å². The van der Waals surface area contributed by atoms with Crippen molar-refractivity contribution >= 4 is 17.4 Å². The van der Waals surface area contributed by atoms with Gasteiger partial charge in [-0.15, -0.1) is 0 Å². The molecule has 0 spiro atoms. The minimum atomic E-state index is -0.435. The number of rotatable bonds is 7. The number of aliphatic imine (C=N–C) groups is 2. The van der Waals surface area contributed by atoms with Crippen LogP contribution in [0.4, 0.5) is 11.4 Å². The first-order valence-corrected chi connectivity index (χ1v) is 6.10. The monoisotopic (exact) mass is 248 g/mol. The third kappa shape index (κ3) is 5.37. The first-order valence-electron chi connectivity index (χ1n) is 6.10. The summed E-state index contributed by atoms with van der Waals surface area (Å²) in [6.45, 7) is 2.90. The zero-order chi connectivity index (χ0) is 13.2. The van der Waals surface area contributed by atoms with Crippen molar-refractivity contribution in [2.45, 2.75) is 32.6 Å². The Labute approximate surface area is 106 Å². The lowest BCUT2D eigenvalue weighted by Gasteiger charge is -1.92. The van der Waals surface area contributed by atoms with Crippen molar-refractivity contribution in [2.75, 3.05) is 6.54 Å². The molecule has 0 atom stereocenters. The molecule has 0 aliphatic carbocycles. The van der Waals surface area contributed by atoms with Crippen molar-refractivity contribution < 1.29 is 4.92 Å². The number of non-ortho nitro benzene ring substituents is 1. The third-order valence-electron chi connectivity index (χ3n) is 2.43. The molecule has 1 aromatic carbocycles. The zero-order valence-electron chi connectivity index (χ0n) is 10.5. The van der Waals surface area contributed by atoms with Crippen LogP contribution in [-0.4, -0.2) is 17.5 Å². The average Bonchev–Trinajstić information content (AvgIpc) is 2.38. The van der Waals surface area contributed by atoms with E-state index in [4.69, 9.17) is 0 Å². The van der Waals surface area contributed by atoms with Crippen LogP contribution in [0.25, 0.3) is 0 Å². The predicted molar refractivity (Wildman–Crippen MR) is 71.6 cm³/mol. The molecule has 0 bridgehead atoms. The Kier molecular flexibility index (Phi) is 6.36. The Balaban J connectivity index is 2.41. The number of nitro groups is 1. The number of unbranched alkanes of at least 4 members (excludes halogenated alkanes) is 3. The van der Waals surface area contributed by atoms with Crippen LogP contribution in [0.3, 0.4) is 0 Å². The first kappa shape index (κ1) is 14.1. The Hall–Kier alpha value is -2.00. The number of nitro benzene ring substituents is 1. The molecule has 1 aromatic rings. The predicted octanol–water partition coefficient (Wildman–Crippen LogP) is 3.98. The second-order valence-electron chi connectivity index (χ2n) is 3.93. The molecule has 0 aliphatic heterocycles. The van der Waals surface area contributed by atoms with Crippen LogP contribution >= 0.6 is 0 Å². The van der Waals surface area contributed by atoms with E-state index in [-0.39, 0.29) is 5.69 Å². The summed E-state index contributed by atoms with van der Waals surface area (Å²) in [6.07, 6.45) is 4.67. The third-order valence-corrected chi connectivity index (χ3v) is 2.43. The second kappa shape index (κ2) is 8.14. The maximum atomic E-state index is 10.4. The Morgan fingerprint density at radius 1 is 1.22 bits per heavy atom. The van der Waals surface area contributed by atoms with Gasteiger partial charge in [0.2, 0.25) is 0 Å². The Morgan fingerprint density at radius 2 is 1.94 bits per heavy atom. The smallest absolute Gasteiger partial charge is 0.258 e. The fourth-order valence-corrected chi connectivity index (χ4v) is 1.41. The number of benzene rings is 1. The molecule has 0 radical (unpaired) electrons. The molecule has 1 rings (SSSR count). The van der Waals surface area contributed by atoms with Gasteiger partial charge in [-0.3, -0.25) is 10.1 Å². The van der Waals surface area contributed by atoms with Gasteiger partial charge in [0.25, 0.3) is 5.69 Å². The lowest BCUT2D eigenvalue weighted by molar-refractivity contribution is -0.384. The molecule has 96 valence electrons. The summed E-state index contributed by atoms with van der Waals surface area (Å²) in [5, 5.41) is 10.4. The second-order valence-corrected chi connectivity index (χ2v) is 3.93.